The van der Waals surface area contributed by atoms with E-state index in [2.05, 4.69) is 0 Å². The Morgan fingerprint density at radius 2 is 1.62 bits per heavy atom. The molecular weight excluding hydrogens is 608 g/mol. The second kappa shape index (κ2) is 15.2. The molecule has 1 fully saturated rings. The molecular formula is C34H40F4N2O4S. The number of Topliss-reactive ketones (excluding diaryl/α,β-unsaturated/α-hetero) is 1. The van der Waals surface area contributed by atoms with Crippen LogP contribution >= 0.6 is 13.5 Å². The maximum Gasteiger partial charge on any atom is 0.303 e. The Labute approximate surface area is 267 Å². The normalized spacial score (nSPS) is 14.8. The van der Waals surface area contributed by atoms with Gasteiger partial charge in [0.1, 0.15) is 17.8 Å². The number of carbonyl (C=O) groups is 2. The van der Waals surface area contributed by atoms with Crippen molar-refractivity contribution in [1.29, 1.82) is 0 Å². The number of rotatable bonds is 13. The molecule has 1 unspecified atom stereocenters. The van der Waals surface area contributed by atoms with E-state index in [1.807, 2.05) is 4.90 Å². The van der Waals surface area contributed by atoms with Gasteiger partial charge in [-0.25, -0.2) is 17.6 Å². The van der Waals surface area contributed by atoms with E-state index in [0.29, 0.717) is 60.3 Å². The van der Waals surface area contributed by atoms with Crippen LogP contribution in [0.1, 0.15) is 72.4 Å². The quantitative estimate of drug-likeness (QED) is 0.208. The van der Waals surface area contributed by atoms with E-state index in [-0.39, 0.29) is 31.0 Å². The number of ketones is 1. The van der Waals surface area contributed by atoms with Crippen LogP contribution in [-0.2, 0) is 16.0 Å². The van der Waals surface area contributed by atoms with E-state index < -0.39 is 65.7 Å². The molecule has 1 aromatic heterocycles. The fraction of sp³-hybridized carbons (Fsp3) is 0.441. The molecule has 2 heterocycles. The number of halogens is 4. The number of aliphatic carboxylic acids is 1. The third kappa shape index (κ3) is 8.43. The highest BCUT2D eigenvalue weighted by Gasteiger charge is 2.30. The summed E-state index contributed by atoms with van der Waals surface area (Å²) in [5.41, 5.74) is 2.24. The third-order valence-corrected chi connectivity index (χ3v) is 8.33. The minimum atomic E-state index is -1.24. The summed E-state index contributed by atoms with van der Waals surface area (Å²) in [6.07, 6.45) is 0.598. The molecule has 6 nitrogen and oxygen atoms in total. The number of carboxylic acids is 1. The summed E-state index contributed by atoms with van der Waals surface area (Å²) in [6.45, 7) is 7.85. The molecule has 0 bridgehead atoms. The number of aromatic nitrogens is 1. The molecule has 4 rings (SSSR count). The van der Waals surface area contributed by atoms with Crippen molar-refractivity contribution in [2.45, 2.75) is 77.9 Å². The number of hydrogen-bond donors (Lipinski definition) is 1. The lowest BCUT2D eigenvalue weighted by molar-refractivity contribution is -0.137. The highest BCUT2D eigenvalue weighted by Crippen LogP contribution is 2.36. The molecule has 0 aliphatic carbocycles. The van der Waals surface area contributed by atoms with Crippen LogP contribution in [0.3, 0.4) is 0 Å². The van der Waals surface area contributed by atoms with E-state index in [4.69, 9.17) is 0 Å². The number of nitrogens with zero attached hydrogens (tertiary/aromatic N) is 2. The number of likely N-dealkylation sites (tertiary alicyclic amines) is 1. The van der Waals surface area contributed by atoms with Crippen molar-refractivity contribution in [1.82, 2.24) is 9.47 Å². The summed E-state index contributed by atoms with van der Waals surface area (Å²) in [6, 6.07) is 5.87. The maximum atomic E-state index is 15.7. The first kappa shape index (κ1) is 36.0. The van der Waals surface area contributed by atoms with Crippen molar-refractivity contribution in [3.05, 3.63) is 92.2 Å². The molecule has 244 valence electrons. The molecule has 1 aliphatic heterocycles. The first-order valence-electron chi connectivity index (χ1n) is 14.9. The summed E-state index contributed by atoms with van der Waals surface area (Å²) >= 11 is 0. The Balaban J connectivity index is 0.00000552. The molecule has 0 radical (unpaired) electrons. The molecule has 1 N–H and O–H groups in total. The predicted molar refractivity (Wildman–Crippen MR) is 171 cm³/mol. The van der Waals surface area contributed by atoms with Crippen LogP contribution < -0.4 is 5.56 Å². The van der Waals surface area contributed by atoms with Crippen molar-refractivity contribution >= 4 is 25.2 Å². The Hall–Kier alpha value is -3.44. The van der Waals surface area contributed by atoms with Crippen molar-refractivity contribution in [2.24, 2.45) is 0 Å². The van der Waals surface area contributed by atoms with E-state index in [1.54, 1.807) is 26.8 Å². The molecule has 0 saturated carbocycles. The zero-order valence-corrected chi connectivity index (χ0v) is 26.9. The molecule has 2 aromatic carbocycles. The molecule has 1 aliphatic rings. The lowest BCUT2D eigenvalue weighted by Gasteiger charge is -2.34. The van der Waals surface area contributed by atoms with E-state index >= 15 is 4.39 Å². The van der Waals surface area contributed by atoms with E-state index in [0.717, 1.165) is 10.6 Å². The van der Waals surface area contributed by atoms with Crippen molar-refractivity contribution in [2.75, 3.05) is 19.6 Å². The van der Waals surface area contributed by atoms with Gasteiger partial charge in [-0.3, -0.25) is 19.3 Å². The average Bonchev–Trinajstić information content (AvgIpc) is 2.91. The molecule has 0 amide bonds. The van der Waals surface area contributed by atoms with Crippen LogP contribution in [0.15, 0.2) is 41.3 Å². The van der Waals surface area contributed by atoms with Crippen LogP contribution in [0.4, 0.5) is 17.6 Å². The lowest BCUT2D eigenvalue weighted by Crippen LogP contribution is -2.49. The van der Waals surface area contributed by atoms with Crippen LogP contribution in [0.25, 0.3) is 11.1 Å². The molecule has 2 atom stereocenters. The summed E-state index contributed by atoms with van der Waals surface area (Å²) in [5, 5.41) is 9.74. The van der Waals surface area contributed by atoms with Crippen LogP contribution in [-0.4, -0.2) is 52.1 Å². The predicted octanol–water partition coefficient (Wildman–Crippen LogP) is 6.73. The summed E-state index contributed by atoms with van der Waals surface area (Å²) in [4.78, 5) is 40.5. The first-order chi connectivity index (χ1) is 20.8. The van der Waals surface area contributed by atoms with E-state index in [1.165, 1.54) is 31.3 Å². The Kier molecular flexibility index (Phi) is 12.2. The Bertz CT molecular complexity index is 1600. The Morgan fingerprint density at radius 1 is 0.978 bits per heavy atom. The smallest absolute Gasteiger partial charge is 0.303 e. The van der Waals surface area contributed by atoms with Gasteiger partial charge in [-0.15, -0.1) is 0 Å². The van der Waals surface area contributed by atoms with Gasteiger partial charge in [0.15, 0.2) is 11.6 Å². The zero-order valence-electron chi connectivity index (χ0n) is 25.9. The standard InChI is InChI=1S/C34H38F4N2O4.H2S/c1-5-6-29(40-16-22(12-28(37)34(40)44)7-8-39-17-26(36)18-39)30(41)14-23(15-31(42)43)27-13-24(9-21(4)33(27)38)32-19(2)10-25(35)11-20(32)3;/h9-13,16,23,26,29H,5-8,14-15,17-18H2,1-4H3,(H,42,43);1H2/t23-,29?;/m0./s1. The second-order valence-corrected chi connectivity index (χ2v) is 11.9. The average molecular weight is 649 g/mol. The number of carboxylic acid groups (broad SMARTS) is 1. The fourth-order valence-electron chi connectivity index (χ4n) is 6.18. The van der Waals surface area contributed by atoms with Crippen LogP contribution in [0.2, 0.25) is 0 Å². The van der Waals surface area contributed by atoms with Gasteiger partial charge in [-0.05, 0) is 103 Å². The SMILES string of the molecule is CCCC(C(=O)C[C@@H](CC(=O)O)c1cc(-c2c(C)cc(F)cc2C)cc(C)c1F)n1cc(CCN2CC(F)C2)cc(F)c1=O.S. The summed E-state index contributed by atoms with van der Waals surface area (Å²) in [5.74, 6) is -4.92. The second-order valence-electron chi connectivity index (χ2n) is 11.9. The highest BCUT2D eigenvalue weighted by atomic mass is 32.1. The van der Waals surface area contributed by atoms with Crippen molar-refractivity contribution < 1.29 is 32.3 Å². The van der Waals surface area contributed by atoms with Gasteiger partial charge >= 0.3 is 5.97 Å². The number of pyridine rings is 1. The maximum absolute atomic E-state index is 15.7. The topological polar surface area (TPSA) is 79.6 Å². The monoisotopic (exact) mass is 648 g/mol. The summed E-state index contributed by atoms with van der Waals surface area (Å²) < 4.78 is 58.7. The number of benzene rings is 2. The molecule has 45 heavy (non-hydrogen) atoms. The van der Waals surface area contributed by atoms with Gasteiger partial charge < -0.3 is 9.67 Å². The minimum absolute atomic E-state index is 0. The zero-order chi connectivity index (χ0) is 32.3. The molecule has 3 aromatic rings. The molecule has 0 spiro atoms. The molecule has 1 saturated heterocycles. The fourth-order valence-corrected chi connectivity index (χ4v) is 6.18. The summed E-state index contributed by atoms with van der Waals surface area (Å²) in [7, 11) is 0. The number of carbonyl (C=O) groups excluding carboxylic acids is 1. The van der Waals surface area contributed by atoms with Crippen LogP contribution in [0, 0.1) is 38.2 Å². The van der Waals surface area contributed by atoms with Crippen molar-refractivity contribution in [3.63, 3.8) is 0 Å². The highest BCUT2D eigenvalue weighted by molar-refractivity contribution is 7.59. The van der Waals surface area contributed by atoms with Gasteiger partial charge in [0.25, 0.3) is 5.56 Å². The number of alkyl halides is 1. The number of hydrogen-bond acceptors (Lipinski definition) is 4. The van der Waals surface area contributed by atoms with Gasteiger partial charge in [-0.2, -0.15) is 13.5 Å². The van der Waals surface area contributed by atoms with Crippen molar-refractivity contribution in [3.8, 4) is 11.1 Å². The number of aryl methyl sites for hydroxylation is 3. The van der Waals surface area contributed by atoms with Crippen LogP contribution in [0.5, 0.6) is 0 Å². The van der Waals surface area contributed by atoms with Gasteiger partial charge in [-0.1, -0.05) is 13.3 Å². The third-order valence-electron chi connectivity index (χ3n) is 8.33. The Morgan fingerprint density at radius 3 is 2.20 bits per heavy atom. The van der Waals surface area contributed by atoms with Gasteiger partial charge in [0, 0.05) is 38.2 Å². The first-order valence-corrected chi connectivity index (χ1v) is 14.9. The minimum Gasteiger partial charge on any atom is -0.481 e. The van der Waals surface area contributed by atoms with E-state index in [9.17, 15) is 32.7 Å². The van der Waals surface area contributed by atoms with Gasteiger partial charge in [0.05, 0.1) is 12.5 Å². The van der Waals surface area contributed by atoms with Gasteiger partial charge in [0.2, 0.25) is 0 Å². The largest absolute Gasteiger partial charge is 0.481 e. The lowest BCUT2D eigenvalue weighted by atomic mass is 9.84. The molecule has 11 heteroatoms.